The zero-order chi connectivity index (χ0) is 63.0. The van der Waals surface area contributed by atoms with Crippen molar-refractivity contribution in [3.05, 3.63) is 334 Å². The summed E-state index contributed by atoms with van der Waals surface area (Å²) in [7, 11) is 0. The van der Waals surface area contributed by atoms with E-state index in [1.54, 1.807) is 0 Å². The number of rotatable bonds is 7. The van der Waals surface area contributed by atoms with Gasteiger partial charge in [0, 0.05) is 76.5 Å². The first-order chi connectivity index (χ1) is 47.6. The third-order valence-electron chi connectivity index (χ3n) is 19.7. The Hall–Kier alpha value is -12.9. The minimum atomic E-state index is 0.891. The van der Waals surface area contributed by atoms with Crippen molar-refractivity contribution in [2.24, 2.45) is 0 Å². The Kier molecular flexibility index (Phi) is 11.9. The number of hydrogen-bond donors (Lipinski definition) is 0. The molecule has 0 spiro atoms. The number of hydrogen-bond acceptors (Lipinski definition) is 3. The zero-order valence-electron chi connectivity index (χ0n) is 51.8. The molecule has 0 amide bonds. The van der Waals surface area contributed by atoms with Crippen LogP contribution < -0.4 is 0 Å². The molecule has 0 N–H and O–H groups in total. The summed E-state index contributed by atoms with van der Waals surface area (Å²) < 4.78 is 26.8. The highest BCUT2D eigenvalue weighted by molar-refractivity contribution is 6.26. The highest BCUT2D eigenvalue weighted by Gasteiger charge is 2.24. The van der Waals surface area contributed by atoms with Gasteiger partial charge in [0.1, 0.15) is 33.5 Å². The monoisotopic (exact) mass is 1230 g/mol. The Balaban J connectivity index is 0.000000132. The topological polar surface area (TPSA) is 54.2 Å². The second-order valence-electron chi connectivity index (χ2n) is 25.0. The second kappa shape index (κ2) is 21.3. The van der Waals surface area contributed by atoms with Gasteiger partial charge in [-0.2, -0.15) is 0 Å². The Morgan fingerprint density at radius 2 is 0.583 bits per heavy atom. The van der Waals surface area contributed by atoms with Crippen molar-refractivity contribution in [1.82, 2.24) is 13.7 Å². The summed E-state index contributed by atoms with van der Waals surface area (Å²) in [6.45, 7) is 0. The van der Waals surface area contributed by atoms with Crippen molar-refractivity contribution in [3.8, 4) is 61.6 Å². The lowest BCUT2D eigenvalue weighted by molar-refractivity contribution is 0.668. The molecule has 0 saturated carbocycles. The van der Waals surface area contributed by atoms with E-state index in [1.807, 2.05) is 18.2 Å². The van der Waals surface area contributed by atoms with Crippen LogP contribution in [0, 0.1) is 0 Å². The molecule has 21 aromatic rings. The quantitative estimate of drug-likeness (QED) is 0.160. The fourth-order valence-corrected chi connectivity index (χ4v) is 15.4. The lowest BCUT2D eigenvalue weighted by atomic mass is 10.00. The molecule has 96 heavy (non-hydrogen) atoms. The van der Waals surface area contributed by atoms with E-state index in [2.05, 4.69) is 329 Å². The van der Waals surface area contributed by atoms with Crippen LogP contribution in [0.3, 0.4) is 0 Å². The van der Waals surface area contributed by atoms with Crippen molar-refractivity contribution in [2.45, 2.75) is 0 Å². The molecule has 0 aliphatic rings. The molecule has 0 bridgehead atoms. The van der Waals surface area contributed by atoms with Gasteiger partial charge in [-0.1, -0.05) is 218 Å². The fourth-order valence-electron chi connectivity index (χ4n) is 15.4. The van der Waals surface area contributed by atoms with Crippen LogP contribution in [0.2, 0.25) is 0 Å². The molecule has 6 heterocycles. The first kappa shape index (κ1) is 53.7. The maximum atomic E-state index is 6.95. The first-order valence-corrected chi connectivity index (χ1v) is 32.7. The van der Waals surface area contributed by atoms with E-state index < -0.39 is 0 Å². The molecule has 0 saturated heterocycles. The van der Waals surface area contributed by atoms with Crippen LogP contribution in [-0.4, -0.2) is 13.7 Å². The molecule has 6 aromatic heterocycles. The van der Waals surface area contributed by atoms with Gasteiger partial charge in [-0.25, -0.2) is 0 Å². The summed E-state index contributed by atoms with van der Waals surface area (Å²) in [5.41, 5.74) is 25.1. The number of aromatic nitrogens is 3. The van der Waals surface area contributed by atoms with Gasteiger partial charge in [0.05, 0.1) is 43.9 Å². The summed E-state index contributed by atoms with van der Waals surface area (Å²) in [5, 5.41) is 13.9. The van der Waals surface area contributed by atoms with Gasteiger partial charge in [-0.3, -0.25) is 0 Å². The van der Waals surface area contributed by atoms with Crippen LogP contribution in [0.4, 0.5) is 0 Å². The lowest BCUT2D eigenvalue weighted by Gasteiger charge is -2.11. The average molecular weight is 1230 g/mol. The summed E-state index contributed by atoms with van der Waals surface area (Å²) in [6, 6.07) is 119. The van der Waals surface area contributed by atoms with Gasteiger partial charge >= 0.3 is 0 Å². The zero-order valence-corrected chi connectivity index (χ0v) is 51.8. The van der Waals surface area contributed by atoms with Crippen LogP contribution in [0.15, 0.2) is 347 Å². The van der Waals surface area contributed by atoms with Crippen molar-refractivity contribution < 1.29 is 13.3 Å². The molecular formula is C90H55N3O3. The summed E-state index contributed by atoms with van der Waals surface area (Å²) >= 11 is 0. The Bertz CT molecular complexity index is 6700. The number of fused-ring (bicyclic) bond motifs is 20. The second-order valence-corrected chi connectivity index (χ2v) is 25.0. The normalized spacial score (nSPS) is 12.0. The molecule has 15 aromatic carbocycles. The van der Waals surface area contributed by atoms with Crippen LogP contribution in [0.5, 0.6) is 0 Å². The van der Waals surface area contributed by atoms with Crippen LogP contribution >= 0.6 is 0 Å². The predicted molar refractivity (Wildman–Crippen MR) is 399 cm³/mol. The van der Waals surface area contributed by atoms with E-state index in [-0.39, 0.29) is 0 Å². The fraction of sp³-hybridized carbons (Fsp3) is 0. The van der Waals surface area contributed by atoms with E-state index in [1.165, 1.54) is 66.0 Å². The number of para-hydroxylation sites is 6. The van der Waals surface area contributed by atoms with Crippen LogP contribution in [0.25, 0.3) is 193 Å². The maximum absolute atomic E-state index is 6.95. The van der Waals surface area contributed by atoms with Gasteiger partial charge in [0.2, 0.25) is 0 Å². The highest BCUT2D eigenvalue weighted by atomic mass is 16.3. The largest absolute Gasteiger partial charge is 0.456 e. The molecular weight excluding hydrogens is 1170 g/mol. The van der Waals surface area contributed by atoms with Gasteiger partial charge < -0.3 is 27.0 Å². The molecule has 0 aliphatic carbocycles. The molecule has 21 rings (SSSR count). The standard InChI is InChI=1S/C48H30N2O.C42H25NO2/c1-3-12-31(13-4-1)32-14-11-17-36(28-32)50-44-27-25-39-38-19-8-10-21-46(38)51-48(39)47(44)40-24-22-34(30-45(40)50)33-23-26-43-41(29-33)37-18-7-9-20-42(37)49(43)35-15-5-2-6-16-35;1-2-10-26(11-3-1)27-12-8-13-29(24-27)43-36-18-6-4-15-34(36)40-37(43)22-21-33-32-17-9-16-30(41(32)45-42(33)40)28-20-23-39-35(25-28)31-14-5-7-19-38(31)44-39/h1-30H;1-25H. The van der Waals surface area contributed by atoms with Crippen LogP contribution in [0.1, 0.15) is 0 Å². The number of nitrogens with zero attached hydrogens (tertiary/aromatic N) is 3. The van der Waals surface area contributed by atoms with Gasteiger partial charge in [0.15, 0.2) is 0 Å². The van der Waals surface area contributed by atoms with Crippen molar-refractivity contribution in [1.29, 1.82) is 0 Å². The van der Waals surface area contributed by atoms with Crippen molar-refractivity contribution in [2.75, 3.05) is 0 Å². The summed E-state index contributed by atoms with van der Waals surface area (Å²) in [5.74, 6) is 0. The van der Waals surface area contributed by atoms with E-state index >= 15 is 0 Å². The van der Waals surface area contributed by atoms with Crippen LogP contribution in [-0.2, 0) is 0 Å². The molecule has 6 nitrogen and oxygen atoms in total. The molecule has 448 valence electrons. The average Bonchev–Trinajstić information content (AvgIpc) is 1.57. The molecule has 6 heteroatoms. The molecule has 0 atom stereocenters. The maximum Gasteiger partial charge on any atom is 0.145 e. The molecule has 0 aliphatic heterocycles. The van der Waals surface area contributed by atoms with Gasteiger partial charge in [0.25, 0.3) is 0 Å². The minimum absolute atomic E-state index is 0.891. The number of furan rings is 3. The van der Waals surface area contributed by atoms with E-state index in [4.69, 9.17) is 13.3 Å². The SMILES string of the molecule is c1ccc(-c2cccc(-n3c4cc(-c5ccc6c(c5)c5ccccc5n6-c5ccccc5)ccc4c4c5oc6ccccc6c5ccc43)c2)cc1.c1ccc(-c2cccc(-n3c4ccccc4c4c5oc6c(-c7ccc8oc9ccccc9c8c7)cccc6c5ccc43)c2)cc1. The lowest BCUT2D eigenvalue weighted by Crippen LogP contribution is -1.95. The van der Waals surface area contributed by atoms with E-state index in [0.29, 0.717) is 0 Å². The molecule has 0 fully saturated rings. The Morgan fingerprint density at radius 1 is 0.177 bits per heavy atom. The van der Waals surface area contributed by atoms with E-state index in [9.17, 15) is 0 Å². The first-order valence-electron chi connectivity index (χ1n) is 32.7. The van der Waals surface area contributed by atoms with Gasteiger partial charge in [-0.05, 0) is 154 Å². The molecule has 0 unspecified atom stereocenters. The highest BCUT2D eigenvalue weighted by Crippen LogP contribution is 2.46. The van der Waals surface area contributed by atoms with E-state index in [0.717, 1.165) is 127 Å². The summed E-state index contributed by atoms with van der Waals surface area (Å²) in [4.78, 5) is 0. The predicted octanol–water partition coefficient (Wildman–Crippen LogP) is 25.0. The van der Waals surface area contributed by atoms with Crippen molar-refractivity contribution in [3.63, 3.8) is 0 Å². The van der Waals surface area contributed by atoms with Crippen molar-refractivity contribution >= 4 is 131 Å². The minimum Gasteiger partial charge on any atom is -0.456 e. The Labute approximate surface area is 550 Å². The third kappa shape index (κ3) is 8.32. The van der Waals surface area contributed by atoms with Gasteiger partial charge in [-0.15, -0.1) is 0 Å². The summed E-state index contributed by atoms with van der Waals surface area (Å²) in [6.07, 6.45) is 0. The Morgan fingerprint density at radius 3 is 1.28 bits per heavy atom. The number of benzene rings is 15. The smallest absolute Gasteiger partial charge is 0.145 e. The molecule has 0 radical (unpaired) electrons. The third-order valence-corrected chi connectivity index (χ3v) is 19.7.